The maximum Gasteiger partial charge on any atom is 0.0883 e. The van der Waals surface area contributed by atoms with Crippen molar-refractivity contribution in [2.75, 3.05) is 0 Å². The standard InChI is InChI=1S/C10H12N2.C2H6/c1-4-9-8(3)6-11-7-10(9)12-5-2;1-2/h4-7H,1H2,2-3H3;1-2H3. The van der Waals surface area contributed by atoms with E-state index in [1.807, 2.05) is 33.9 Å². The first kappa shape index (κ1) is 12.6. The van der Waals surface area contributed by atoms with Crippen LogP contribution in [-0.2, 0) is 0 Å². The Hall–Kier alpha value is -1.44. The third-order valence-electron chi connectivity index (χ3n) is 1.64. The zero-order valence-electron chi connectivity index (χ0n) is 9.41. The minimum Gasteiger partial charge on any atom is -0.262 e. The highest BCUT2D eigenvalue weighted by molar-refractivity contribution is 5.69. The molecule has 76 valence electrons. The highest BCUT2D eigenvalue weighted by Crippen LogP contribution is 2.21. The van der Waals surface area contributed by atoms with Gasteiger partial charge in [-0.05, 0) is 19.4 Å². The van der Waals surface area contributed by atoms with E-state index in [0.29, 0.717) is 0 Å². The minimum absolute atomic E-state index is 0.882. The van der Waals surface area contributed by atoms with Gasteiger partial charge in [0, 0.05) is 18.0 Å². The molecule has 0 aliphatic carbocycles. The molecule has 14 heavy (non-hydrogen) atoms. The minimum atomic E-state index is 0.882. The number of pyridine rings is 1. The SMILES string of the molecule is C=Cc1c(C)cncc1N=CC.CC. The molecule has 0 aromatic carbocycles. The molecule has 0 aliphatic heterocycles. The van der Waals surface area contributed by atoms with Crippen molar-refractivity contribution in [1.82, 2.24) is 4.98 Å². The molecule has 2 heteroatoms. The van der Waals surface area contributed by atoms with Gasteiger partial charge in [0.1, 0.15) is 0 Å². The molecular formula is C12H18N2. The van der Waals surface area contributed by atoms with Gasteiger partial charge in [-0.25, -0.2) is 0 Å². The molecule has 1 aromatic heterocycles. The van der Waals surface area contributed by atoms with E-state index in [2.05, 4.69) is 16.6 Å². The number of aromatic nitrogens is 1. The number of nitrogens with zero attached hydrogens (tertiary/aromatic N) is 2. The smallest absolute Gasteiger partial charge is 0.0883 e. The zero-order valence-corrected chi connectivity index (χ0v) is 9.41. The quantitative estimate of drug-likeness (QED) is 0.651. The van der Waals surface area contributed by atoms with Crippen LogP contribution < -0.4 is 0 Å². The summed E-state index contributed by atoms with van der Waals surface area (Å²) in [7, 11) is 0. The number of aryl methyl sites for hydroxylation is 1. The highest BCUT2D eigenvalue weighted by atomic mass is 14.8. The summed E-state index contributed by atoms with van der Waals surface area (Å²) in [6.07, 6.45) is 7.11. The van der Waals surface area contributed by atoms with Crippen LogP contribution in [0.2, 0.25) is 0 Å². The Balaban J connectivity index is 0.000000791. The van der Waals surface area contributed by atoms with Crippen LogP contribution in [0.15, 0.2) is 24.0 Å². The fourth-order valence-electron chi connectivity index (χ4n) is 1.07. The Morgan fingerprint density at radius 3 is 2.50 bits per heavy atom. The van der Waals surface area contributed by atoms with Crippen LogP contribution in [0.25, 0.3) is 6.08 Å². The summed E-state index contributed by atoms with van der Waals surface area (Å²) >= 11 is 0. The van der Waals surface area contributed by atoms with Crippen LogP contribution >= 0.6 is 0 Å². The van der Waals surface area contributed by atoms with Crippen molar-refractivity contribution in [3.8, 4) is 0 Å². The second-order valence-corrected chi connectivity index (χ2v) is 2.48. The normalized spacial score (nSPS) is 9.43. The van der Waals surface area contributed by atoms with Crippen molar-refractivity contribution >= 4 is 18.0 Å². The Kier molecular flexibility index (Phi) is 6.29. The van der Waals surface area contributed by atoms with Crippen molar-refractivity contribution in [2.45, 2.75) is 27.7 Å². The molecule has 0 spiro atoms. The summed E-state index contributed by atoms with van der Waals surface area (Å²) < 4.78 is 0. The lowest BCUT2D eigenvalue weighted by Gasteiger charge is -2.02. The summed E-state index contributed by atoms with van der Waals surface area (Å²) in [6, 6.07) is 0. The monoisotopic (exact) mass is 190 g/mol. The van der Waals surface area contributed by atoms with Crippen LogP contribution in [0.1, 0.15) is 31.9 Å². The van der Waals surface area contributed by atoms with E-state index in [1.165, 1.54) is 0 Å². The summed E-state index contributed by atoms with van der Waals surface area (Å²) in [5.41, 5.74) is 3.05. The second-order valence-electron chi connectivity index (χ2n) is 2.48. The first-order valence-electron chi connectivity index (χ1n) is 4.85. The van der Waals surface area contributed by atoms with Crippen LogP contribution in [0.5, 0.6) is 0 Å². The zero-order chi connectivity index (χ0) is 11.0. The van der Waals surface area contributed by atoms with E-state index < -0.39 is 0 Å². The number of hydrogen-bond acceptors (Lipinski definition) is 2. The summed E-state index contributed by atoms with van der Waals surface area (Å²) in [4.78, 5) is 8.23. The summed E-state index contributed by atoms with van der Waals surface area (Å²) in [6.45, 7) is 11.6. The van der Waals surface area contributed by atoms with E-state index in [9.17, 15) is 0 Å². The molecule has 0 amide bonds. The lowest BCUT2D eigenvalue weighted by atomic mass is 10.1. The fraction of sp³-hybridized carbons (Fsp3) is 0.333. The average Bonchev–Trinajstić information content (AvgIpc) is 2.22. The largest absolute Gasteiger partial charge is 0.262 e. The van der Waals surface area contributed by atoms with Gasteiger partial charge >= 0.3 is 0 Å². The van der Waals surface area contributed by atoms with Crippen LogP contribution in [0, 0.1) is 6.92 Å². The van der Waals surface area contributed by atoms with Gasteiger partial charge < -0.3 is 0 Å². The molecule has 1 rings (SSSR count). The molecule has 0 bridgehead atoms. The van der Waals surface area contributed by atoms with Gasteiger partial charge in [-0.2, -0.15) is 0 Å². The third-order valence-corrected chi connectivity index (χ3v) is 1.64. The van der Waals surface area contributed by atoms with E-state index in [0.717, 1.165) is 16.8 Å². The highest BCUT2D eigenvalue weighted by Gasteiger charge is 1.99. The Morgan fingerprint density at radius 1 is 1.36 bits per heavy atom. The lowest BCUT2D eigenvalue weighted by molar-refractivity contribution is 1.24. The maximum atomic E-state index is 4.18. The van der Waals surface area contributed by atoms with Crippen molar-refractivity contribution in [1.29, 1.82) is 0 Å². The van der Waals surface area contributed by atoms with Gasteiger partial charge in [0.2, 0.25) is 0 Å². The fourth-order valence-corrected chi connectivity index (χ4v) is 1.07. The van der Waals surface area contributed by atoms with Crippen molar-refractivity contribution < 1.29 is 0 Å². The predicted octanol–water partition coefficient (Wildman–Crippen LogP) is 3.78. The number of aliphatic imine (C=N–C) groups is 1. The van der Waals surface area contributed by atoms with Gasteiger partial charge in [-0.15, -0.1) is 0 Å². The predicted molar refractivity (Wildman–Crippen MR) is 64.2 cm³/mol. The van der Waals surface area contributed by atoms with Gasteiger partial charge in [0.15, 0.2) is 0 Å². The molecular weight excluding hydrogens is 172 g/mol. The van der Waals surface area contributed by atoms with Crippen molar-refractivity contribution in [3.63, 3.8) is 0 Å². The third kappa shape index (κ3) is 3.13. The summed E-state index contributed by atoms with van der Waals surface area (Å²) in [5.74, 6) is 0. The van der Waals surface area contributed by atoms with Crippen molar-refractivity contribution in [3.05, 3.63) is 30.1 Å². The summed E-state index contributed by atoms with van der Waals surface area (Å²) in [5, 5.41) is 0. The van der Waals surface area contributed by atoms with Crippen LogP contribution in [0.3, 0.4) is 0 Å². The van der Waals surface area contributed by atoms with Crippen LogP contribution in [0.4, 0.5) is 5.69 Å². The molecule has 0 fully saturated rings. The Morgan fingerprint density at radius 2 is 2.00 bits per heavy atom. The molecule has 0 atom stereocenters. The number of hydrogen-bond donors (Lipinski definition) is 0. The Bertz CT molecular complexity index is 314. The molecule has 0 N–H and O–H groups in total. The molecule has 1 heterocycles. The van der Waals surface area contributed by atoms with E-state index in [1.54, 1.807) is 18.5 Å². The van der Waals surface area contributed by atoms with Crippen molar-refractivity contribution in [2.24, 2.45) is 4.99 Å². The van der Waals surface area contributed by atoms with Crippen LogP contribution in [-0.4, -0.2) is 11.2 Å². The lowest BCUT2D eigenvalue weighted by Crippen LogP contribution is -1.83. The molecule has 0 unspecified atom stereocenters. The average molecular weight is 190 g/mol. The maximum absolute atomic E-state index is 4.18. The molecule has 0 saturated carbocycles. The van der Waals surface area contributed by atoms with E-state index in [4.69, 9.17) is 0 Å². The topological polar surface area (TPSA) is 25.2 Å². The molecule has 0 saturated heterocycles. The van der Waals surface area contributed by atoms with Gasteiger partial charge in [0.25, 0.3) is 0 Å². The first-order chi connectivity index (χ1) is 6.79. The molecule has 0 aliphatic rings. The second kappa shape index (κ2) is 7.01. The number of rotatable bonds is 2. The van der Waals surface area contributed by atoms with E-state index >= 15 is 0 Å². The van der Waals surface area contributed by atoms with Gasteiger partial charge in [-0.1, -0.05) is 26.5 Å². The molecule has 0 radical (unpaired) electrons. The van der Waals surface area contributed by atoms with Gasteiger partial charge in [0.05, 0.1) is 11.9 Å². The van der Waals surface area contributed by atoms with Gasteiger partial charge in [-0.3, -0.25) is 9.98 Å². The molecule has 1 aromatic rings. The first-order valence-corrected chi connectivity index (χ1v) is 4.85. The van der Waals surface area contributed by atoms with E-state index in [-0.39, 0.29) is 0 Å². The molecule has 2 nitrogen and oxygen atoms in total. The Labute approximate surface area is 86.4 Å².